The van der Waals surface area contributed by atoms with Gasteiger partial charge in [-0.3, -0.25) is 0 Å². The Morgan fingerprint density at radius 3 is 2.48 bits per heavy atom. The first-order chi connectivity index (χ1) is 14.3. The fourth-order valence-electron chi connectivity index (χ4n) is 3.70. The molecule has 6 nitrogen and oxygen atoms in total. The highest BCUT2D eigenvalue weighted by molar-refractivity contribution is 7.59. The zero-order valence-electron chi connectivity index (χ0n) is 17.1. The van der Waals surface area contributed by atoms with E-state index in [-0.39, 0.29) is 37.8 Å². The first kappa shape index (κ1) is 23.1. The van der Waals surface area contributed by atoms with Gasteiger partial charge in [0.2, 0.25) is 5.95 Å². The number of hydrogen-bond acceptors (Lipinski definition) is 6. The lowest BCUT2D eigenvalue weighted by Crippen LogP contribution is -2.46. The Kier molecular flexibility index (Phi) is 6.90. The number of aromatic nitrogens is 3. The fraction of sp³-hybridized carbons (Fsp3) is 0.381. The Morgan fingerprint density at radius 2 is 1.77 bits per heavy atom. The van der Waals surface area contributed by atoms with Gasteiger partial charge in [0.05, 0.1) is 23.2 Å². The largest absolute Gasteiger partial charge is 0.416 e. The molecule has 0 spiro atoms. The Hall–Kier alpha value is -2.59. The van der Waals surface area contributed by atoms with Crippen molar-refractivity contribution in [1.82, 2.24) is 15.0 Å². The maximum absolute atomic E-state index is 13.3. The standard InChI is InChI=1S/C21H22F3N5O.H2S/c1-13-11-29(12-14(2)30-13)20-27-18-16(7-5-9-25-18)19(28-20)26-10-15-6-3-4-8-17(15)21(22,23)24;/h3-9,13-14H,10-12H2,1-2H3,(H,25,26,27,28);1H2/t13-,14?;/m0./s1. The van der Waals surface area contributed by atoms with E-state index in [4.69, 9.17) is 4.74 Å². The van der Waals surface area contributed by atoms with Gasteiger partial charge in [0, 0.05) is 25.8 Å². The zero-order valence-corrected chi connectivity index (χ0v) is 18.1. The molecule has 4 rings (SSSR count). The van der Waals surface area contributed by atoms with Crippen molar-refractivity contribution in [2.75, 3.05) is 23.3 Å². The molecular weight excluding hydrogens is 427 g/mol. The van der Waals surface area contributed by atoms with Crippen LogP contribution in [0, 0.1) is 0 Å². The summed E-state index contributed by atoms with van der Waals surface area (Å²) in [5.74, 6) is 0.932. The van der Waals surface area contributed by atoms with Gasteiger partial charge in [-0.25, -0.2) is 4.98 Å². The Balaban J connectivity index is 0.00000272. The predicted octanol–water partition coefficient (Wildman–Crippen LogP) is 4.38. The number of nitrogens with one attached hydrogen (secondary N) is 1. The van der Waals surface area contributed by atoms with Gasteiger partial charge in [0.25, 0.3) is 0 Å². The summed E-state index contributed by atoms with van der Waals surface area (Å²) < 4.78 is 45.7. The van der Waals surface area contributed by atoms with E-state index in [0.717, 1.165) is 6.07 Å². The maximum atomic E-state index is 13.3. The van der Waals surface area contributed by atoms with Gasteiger partial charge in [-0.2, -0.15) is 36.6 Å². The second kappa shape index (κ2) is 9.27. The van der Waals surface area contributed by atoms with E-state index in [2.05, 4.69) is 20.3 Å². The minimum atomic E-state index is -4.42. The molecule has 166 valence electrons. The third kappa shape index (κ3) is 5.19. The zero-order chi connectivity index (χ0) is 21.3. The Labute approximate surface area is 185 Å². The van der Waals surface area contributed by atoms with Crippen molar-refractivity contribution in [2.45, 2.75) is 38.8 Å². The van der Waals surface area contributed by atoms with Crippen molar-refractivity contribution in [2.24, 2.45) is 0 Å². The van der Waals surface area contributed by atoms with Crippen molar-refractivity contribution >= 4 is 36.3 Å². The van der Waals surface area contributed by atoms with Crippen LogP contribution in [0.4, 0.5) is 24.9 Å². The number of halogens is 3. The first-order valence-electron chi connectivity index (χ1n) is 9.73. The lowest BCUT2D eigenvalue weighted by atomic mass is 10.1. The second-order valence-electron chi connectivity index (χ2n) is 7.42. The van der Waals surface area contributed by atoms with Crippen LogP contribution in [0.2, 0.25) is 0 Å². The van der Waals surface area contributed by atoms with Gasteiger partial charge in [-0.05, 0) is 37.6 Å². The summed E-state index contributed by atoms with van der Waals surface area (Å²) in [4.78, 5) is 15.5. The molecule has 0 aliphatic carbocycles. The number of nitrogens with zero attached hydrogens (tertiary/aromatic N) is 4. The Bertz CT molecular complexity index is 1040. The molecule has 2 aromatic heterocycles. The predicted molar refractivity (Wildman–Crippen MR) is 119 cm³/mol. The molecule has 10 heteroatoms. The molecule has 1 saturated heterocycles. The summed E-state index contributed by atoms with van der Waals surface area (Å²) >= 11 is 0. The highest BCUT2D eigenvalue weighted by Crippen LogP contribution is 2.32. The summed E-state index contributed by atoms with van der Waals surface area (Å²) in [6, 6.07) is 9.07. The molecule has 1 N–H and O–H groups in total. The smallest absolute Gasteiger partial charge is 0.372 e. The normalized spacial score (nSPS) is 19.2. The maximum Gasteiger partial charge on any atom is 0.416 e. The first-order valence-corrected chi connectivity index (χ1v) is 9.73. The number of pyridine rings is 1. The SMILES string of the molecule is CC1CN(c2nc(NCc3ccccc3C(F)(F)F)c3cccnc3n2)C[C@H](C)O1.S. The molecule has 1 fully saturated rings. The minimum Gasteiger partial charge on any atom is -0.372 e. The summed E-state index contributed by atoms with van der Waals surface area (Å²) in [6.07, 6.45) is -2.75. The van der Waals surface area contributed by atoms with Crippen molar-refractivity contribution in [3.63, 3.8) is 0 Å². The molecule has 0 bridgehead atoms. The van der Waals surface area contributed by atoms with Crippen LogP contribution in [0.15, 0.2) is 42.6 Å². The average molecular weight is 452 g/mol. The molecule has 31 heavy (non-hydrogen) atoms. The van der Waals surface area contributed by atoms with Crippen LogP contribution in [0.3, 0.4) is 0 Å². The van der Waals surface area contributed by atoms with Gasteiger partial charge in [-0.15, -0.1) is 0 Å². The molecule has 2 atom stereocenters. The van der Waals surface area contributed by atoms with Crippen LogP contribution in [-0.2, 0) is 17.5 Å². The van der Waals surface area contributed by atoms with E-state index in [9.17, 15) is 13.2 Å². The summed E-state index contributed by atoms with van der Waals surface area (Å²) in [5, 5.41) is 3.72. The van der Waals surface area contributed by atoms with E-state index >= 15 is 0 Å². The highest BCUT2D eigenvalue weighted by atomic mass is 32.1. The minimum absolute atomic E-state index is 0. The van der Waals surface area contributed by atoms with Crippen LogP contribution in [-0.4, -0.2) is 40.2 Å². The number of hydrogen-bond donors (Lipinski definition) is 1. The van der Waals surface area contributed by atoms with E-state index in [1.807, 2.05) is 18.7 Å². The molecule has 3 aromatic rings. The molecule has 1 aromatic carbocycles. The topological polar surface area (TPSA) is 63.2 Å². The molecule has 1 unspecified atom stereocenters. The van der Waals surface area contributed by atoms with E-state index < -0.39 is 11.7 Å². The Morgan fingerprint density at radius 1 is 1.06 bits per heavy atom. The lowest BCUT2D eigenvalue weighted by molar-refractivity contribution is -0.138. The molecule has 3 heterocycles. The monoisotopic (exact) mass is 451 g/mol. The van der Waals surface area contributed by atoms with Crippen molar-refractivity contribution < 1.29 is 17.9 Å². The van der Waals surface area contributed by atoms with Gasteiger partial charge >= 0.3 is 6.18 Å². The van der Waals surface area contributed by atoms with Gasteiger partial charge < -0.3 is 15.0 Å². The molecule has 0 amide bonds. The molecule has 1 aliphatic rings. The molecule has 0 radical (unpaired) electrons. The van der Waals surface area contributed by atoms with Crippen LogP contribution in [0.25, 0.3) is 11.0 Å². The van der Waals surface area contributed by atoms with Gasteiger partial charge in [0.15, 0.2) is 5.65 Å². The van der Waals surface area contributed by atoms with Gasteiger partial charge in [0.1, 0.15) is 5.82 Å². The van der Waals surface area contributed by atoms with Crippen molar-refractivity contribution in [3.05, 3.63) is 53.7 Å². The molecule has 0 saturated carbocycles. The fourth-order valence-corrected chi connectivity index (χ4v) is 3.70. The van der Waals surface area contributed by atoms with Crippen LogP contribution < -0.4 is 10.2 Å². The summed E-state index contributed by atoms with van der Waals surface area (Å²) in [7, 11) is 0. The number of rotatable bonds is 4. The van der Waals surface area contributed by atoms with E-state index in [0.29, 0.717) is 35.9 Å². The van der Waals surface area contributed by atoms with Gasteiger partial charge in [-0.1, -0.05) is 18.2 Å². The quantitative estimate of drug-likeness (QED) is 0.635. The van der Waals surface area contributed by atoms with Crippen molar-refractivity contribution in [3.8, 4) is 0 Å². The molecule has 1 aliphatic heterocycles. The highest BCUT2D eigenvalue weighted by Gasteiger charge is 2.33. The van der Waals surface area contributed by atoms with E-state index in [1.54, 1.807) is 24.4 Å². The number of morpholine rings is 1. The van der Waals surface area contributed by atoms with Crippen molar-refractivity contribution in [1.29, 1.82) is 0 Å². The molecular formula is C21H24F3N5OS. The average Bonchev–Trinajstić information content (AvgIpc) is 2.70. The number of fused-ring (bicyclic) bond motifs is 1. The van der Waals surface area contributed by atoms with Crippen LogP contribution >= 0.6 is 13.5 Å². The van der Waals surface area contributed by atoms with Crippen LogP contribution in [0.5, 0.6) is 0 Å². The number of alkyl halides is 3. The van der Waals surface area contributed by atoms with Crippen LogP contribution in [0.1, 0.15) is 25.0 Å². The summed E-state index contributed by atoms with van der Waals surface area (Å²) in [6.45, 7) is 5.19. The third-order valence-corrected chi connectivity index (χ3v) is 4.93. The van der Waals surface area contributed by atoms with E-state index in [1.165, 1.54) is 12.1 Å². The number of ether oxygens (including phenoxy) is 1. The second-order valence-corrected chi connectivity index (χ2v) is 7.42. The lowest BCUT2D eigenvalue weighted by Gasteiger charge is -2.35. The number of benzene rings is 1. The summed E-state index contributed by atoms with van der Waals surface area (Å²) in [5.41, 5.74) is -0.0261. The number of anilines is 2. The third-order valence-electron chi connectivity index (χ3n) is 4.93.